The van der Waals surface area contributed by atoms with Crippen LogP contribution in [0.5, 0.6) is 0 Å². The summed E-state index contributed by atoms with van der Waals surface area (Å²) in [6, 6.07) is 11.0. The minimum absolute atomic E-state index is 0.0536. The molecule has 2 rings (SSSR count). The van der Waals surface area contributed by atoms with E-state index in [1.807, 2.05) is 0 Å². The van der Waals surface area contributed by atoms with Crippen LogP contribution in [0.25, 0.3) is 0 Å². The number of sulfonamides is 1. The Kier molecular flexibility index (Phi) is 6.97. The van der Waals surface area contributed by atoms with Crippen LogP contribution in [0.1, 0.15) is 22.8 Å². The maximum Gasteiger partial charge on any atom is 0.338 e. The van der Waals surface area contributed by atoms with E-state index in [0.717, 1.165) is 8.78 Å². The number of carbonyl (C=O) groups excluding carboxylic acids is 2. The minimum atomic E-state index is -3.64. The van der Waals surface area contributed by atoms with Gasteiger partial charge in [-0.05, 0) is 55.8 Å². The number of rotatable bonds is 6. The Morgan fingerprint density at radius 1 is 1.11 bits per heavy atom. The number of amides is 1. The van der Waals surface area contributed by atoms with E-state index in [2.05, 4.69) is 21.2 Å². The van der Waals surface area contributed by atoms with Crippen LogP contribution in [0.2, 0.25) is 0 Å². The van der Waals surface area contributed by atoms with Gasteiger partial charge in [0.15, 0.2) is 6.10 Å². The average molecular weight is 469 g/mol. The van der Waals surface area contributed by atoms with Gasteiger partial charge in [-0.1, -0.05) is 22.0 Å². The molecule has 9 heteroatoms. The third-order valence-corrected chi connectivity index (χ3v) is 6.32. The first-order valence-corrected chi connectivity index (χ1v) is 10.6. The molecule has 0 heterocycles. The molecule has 0 aliphatic carbocycles. The molecule has 0 radical (unpaired) electrons. The van der Waals surface area contributed by atoms with E-state index in [-0.39, 0.29) is 4.90 Å². The number of aryl methyl sites for hydroxylation is 1. The predicted octanol–water partition coefficient (Wildman–Crippen LogP) is 3.19. The van der Waals surface area contributed by atoms with Crippen LogP contribution in [-0.2, 0) is 19.6 Å². The summed E-state index contributed by atoms with van der Waals surface area (Å²) < 4.78 is 31.7. The molecular formula is C19H21BrN2O5S. The van der Waals surface area contributed by atoms with Crippen LogP contribution < -0.4 is 5.32 Å². The van der Waals surface area contributed by atoms with Crippen molar-refractivity contribution in [3.8, 4) is 0 Å². The topological polar surface area (TPSA) is 92.8 Å². The molecule has 28 heavy (non-hydrogen) atoms. The lowest BCUT2D eigenvalue weighted by Gasteiger charge is -2.17. The van der Waals surface area contributed by atoms with E-state index >= 15 is 0 Å². The van der Waals surface area contributed by atoms with Crippen molar-refractivity contribution in [2.75, 3.05) is 19.4 Å². The number of hydrogen-bond donors (Lipinski definition) is 1. The minimum Gasteiger partial charge on any atom is -0.449 e. The van der Waals surface area contributed by atoms with Crippen LogP contribution in [0, 0.1) is 6.92 Å². The summed E-state index contributed by atoms with van der Waals surface area (Å²) in [7, 11) is -0.783. The van der Waals surface area contributed by atoms with Gasteiger partial charge < -0.3 is 10.1 Å². The van der Waals surface area contributed by atoms with Crippen LogP contribution in [0.15, 0.2) is 51.8 Å². The number of anilines is 1. The predicted molar refractivity (Wildman–Crippen MR) is 110 cm³/mol. The molecule has 150 valence electrons. The third kappa shape index (κ3) is 5.18. The van der Waals surface area contributed by atoms with Crippen molar-refractivity contribution in [3.63, 3.8) is 0 Å². The van der Waals surface area contributed by atoms with Crippen LogP contribution in [0.4, 0.5) is 5.69 Å². The zero-order valence-corrected chi connectivity index (χ0v) is 18.3. The quantitative estimate of drug-likeness (QED) is 0.657. The van der Waals surface area contributed by atoms with E-state index in [1.54, 1.807) is 37.3 Å². The highest BCUT2D eigenvalue weighted by Gasteiger charge is 2.22. The number of ether oxygens (including phenoxy) is 1. The van der Waals surface area contributed by atoms with E-state index in [9.17, 15) is 18.0 Å². The summed E-state index contributed by atoms with van der Waals surface area (Å²) in [6.45, 7) is 3.18. The summed E-state index contributed by atoms with van der Waals surface area (Å²) in [5.41, 5.74) is 1.33. The molecule has 0 bridgehead atoms. The Morgan fingerprint density at radius 3 is 2.29 bits per heavy atom. The molecule has 0 aromatic heterocycles. The summed E-state index contributed by atoms with van der Waals surface area (Å²) >= 11 is 3.28. The second kappa shape index (κ2) is 8.85. The van der Waals surface area contributed by atoms with E-state index in [4.69, 9.17) is 4.74 Å². The molecule has 1 N–H and O–H groups in total. The van der Waals surface area contributed by atoms with Crippen molar-refractivity contribution in [1.29, 1.82) is 0 Å². The lowest BCUT2D eigenvalue weighted by Crippen LogP contribution is -2.30. The summed E-state index contributed by atoms with van der Waals surface area (Å²) in [6.07, 6.45) is -1.07. The summed E-state index contributed by atoms with van der Waals surface area (Å²) in [4.78, 5) is 24.6. The molecule has 0 saturated heterocycles. The van der Waals surface area contributed by atoms with Crippen LogP contribution in [-0.4, -0.2) is 44.8 Å². The number of nitrogens with zero attached hydrogens (tertiary/aromatic N) is 1. The van der Waals surface area contributed by atoms with Gasteiger partial charge >= 0.3 is 5.97 Å². The highest BCUT2D eigenvalue weighted by atomic mass is 79.9. The number of esters is 1. The van der Waals surface area contributed by atoms with E-state index < -0.39 is 28.0 Å². The zero-order chi connectivity index (χ0) is 21.1. The van der Waals surface area contributed by atoms with Crippen molar-refractivity contribution < 1.29 is 22.7 Å². The Bertz CT molecular complexity index is 988. The molecule has 7 nitrogen and oxygen atoms in total. The SMILES string of the molecule is Cc1ccc(S(=O)(=O)N(C)C)cc1NC(=O)C(C)OC(=O)c1ccc(Br)cc1. The lowest BCUT2D eigenvalue weighted by atomic mass is 10.2. The second-order valence-corrected chi connectivity index (χ2v) is 9.38. The standard InChI is InChI=1S/C19H21BrN2O5S/c1-12-5-10-16(28(25,26)22(3)4)11-17(12)21-18(23)13(2)27-19(24)14-6-8-15(20)9-7-14/h5-11,13H,1-4H3,(H,21,23). The van der Waals surface area contributed by atoms with Gasteiger partial charge in [0.2, 0.25) is 10.0 Å². The van der Waals surface area contributed by atoms with E-state index in [1.165, 1.54) is 33.2 Å². The van der Waals surface area contributed by atoms with Gasteiger partial charge in [-0.25, -0.2) is 17.5 Å². The van der Waals surface area contributed by atoms with Gasteiger partial charge in [-0.3, -0.25) is 4.79 Å². The fraction of sp³-hybridized carbons (Fsp3) is 0.263. The molecular weight excluding hydrogens is 448 g/mol. The number of nitrogens with one attached hydrogen (secondary N) is 1. The highest BCUT2D eigenvalue weighted by molar-refractivity contribution is 9.10. The third-order valence-electron chi connectivity index (χ3n) is 3.98. The first kappa shape index (κ1) is 22.1. The summed E-state index contributed by atoms with van der Waals surface area (Å²) in [5, 5.41) is 2.62. The summed E-state index contributed by atoms with van der Waals surface area (Å²) in [5.74, 6) is -1.19. The first-order valence-electron chi connectivity index (χ1n) is 8.33. The smallest absolute Gasteiger partial charge is 0.338 e. The van der Waals surface area contributed by atoms with Crippen LogP contribution >= 0.6 is 15.9 Å². The fourth-order valence-electron chi connectivity index (χ4n) is 2.21. The Hall–Kier alpha value is -2.23. The molecule has 0 saturated carbocycles. The molecule has 2 aromatic carbocycles. The molecule has 1 atom stereocenters. The van der Waals surface area contributed by atoms with Gasteiger partial charge in [0.05, 0.1) is 10.5 Å². The van der Waals surface area contributed by atoms with Gasteiger partial charge in [0.25, 0.3) is 5.91 Å². The maximum absolute atomic E-state index is 12.4. The van der Waals surface area contributed by atoms with Crippen molar-refractivity contribution >= 4 is 43.5 Å². The number of benzene rings is 2. The van der Waals surface area contributed by atoms with Crippen molar-refractivity contribution in [2.24, 2.45) is 0 Å². The largest absolute Gasteiger partial charge is 0.449 e. The van der Waals surface area contributed by atoms with Crippen molar-refractivity contribution in [2.45, 2.75) is 24.8 Å². The van der Waals surface area contributed by atoms with E-state index in [0.29, 0.717) is 16.8 Å². The molecule has 0 aliphatic heterocycles. The second-order valence-electron chi connectivity index (χ2n) is 6.31. The molecule has 0 spiro atoms. The Morgan fingerprint density at radius 2 is 1.71 bits per heavy atom. The molecule has 0 fully saturated rings. The lowest BCUT2D eigenvalue weighted by molar-refractivity contribution is -0.123. The highest BCUT2D eigenvalue weighted by Crippen LogP contribution is 2.22. The first-order chi connectivity index (χ1) is 13.0. The molecule has 1 amide bonds. The molecule has 0 aliphatic rings. The number of hydrogen-bond acceptors (Lipinski definition) is 5. The number of carbonyl (C=O) groups is 2. The Labute approximate surface area is 172 Å². The Balaban J connectivity index is 2.13. The fourth-order valence-corrected chi connectivity index (χ4v) is 3.40. The normalized spacial score (nSPS) is 12.5. The van der Waals surface area contributed by atoms with Crippen molar-refractivity contribution in [3.05, 3.63) is 58.1 Å². The monoisotopic (exact) mass is 468 g/mol. The van der Waals surface area contributed by atoms with Crippen LogP contribution in [0.3, 0.4) is 0 Å². The van der Waals surface area contributed by atoms with Crippen molar-refractivity contribution in [1.82, 2.24) is 4.31 Å². The maximum atomic E-state index is 12.4. The molecule has 1 unspecified atom stereocenters. The van der Waals surface area contributed by atoms with Gasteiger partial charge in [-0.15, -0.1) is 0 Å². The average Bonchev–Trinajstić information content (AvgIpc) is 2.63. The molecule has 2 aromatic rings. The zero-order valence-electron chi connectivity index (χ0n) is 15.9. The number of halogens is 1. The van der Waals surface area contributed by atoms with Gasteiger partial charge in [0.1, 0.15) is 0 Å². The van der Waals surface area contributed by atoms with Gasteiger partial charge in [-0.2, -0.15) is 0 Å². The van der Waals surface area contributed by atoms with Gasteiger partial charge in [0, 0.05) is 24.3 Å².